The summed E-state index contributed by atoms with van der Waals surface area (Å²) in [6.07, 6.45) is 8.00. The molecule has 0 radical (unpaired) electrons. The van der Waals surface area contributed by atoms with Crippen LogP contribution in [0.3, 0.4) is 0 Å². The Morgan fingerprint density at radius 1 is 0.944 bits per heavy atom. The second kappa shape index (κ2) is 6.90. The molecular weight excluding hydrogens is 236 g/mol. The molecule has 0 saturated heterocycles. The first-order valence-electron chi connectivity index (χ1n) is 6.25. The van der Waals surface area contributed by atoms with Gasteiger partial charge in [-0.15, -0.1) is 24.6 Å². The smallest absolute Gasteiger partial charge is 0.00723 e. The zero-order valence-electron chi connectivity index (χ0n) is 12.6. The molecule has 0 heterocycles. The minimum Gasteiger partial charge on any atom is -0.126 e. The molecule has 0 atom stereocenters. The van der Waals surface area contributed by atoms with Crippen LogP contribution >= 0.6 is 11.8 Å². The summed E-state index contributed by atoms with van der Waals surface area (Å²) >= 11 is 1.96. The van der Waals surface area contributed by atoms with E-state index >= 15 is 0 Å². The lowest BCUT2D eigenvalue weighted by Crippen LogP contribution is -2.31. The highest BCUT2D eigenvalue weighted by Gasteiger charge is 2.32. The summed E-state index contributed by atoms with van der Waals surface area (Å²) in [4.78, 5) is 1.38. The molecule has 0 unspecified atom stereocenters. The van der Waals surface area contributed by atoms with Crippen LogP contribution in [0.2, 0.25) is 0 Å². The molecule has 1 rings (SSSR count). The molecule has 1 aromatic carbocycles. The minimum atomic E-state index is 0.350. The van der Waals surface area contributed by atoms with Crippen molar-refractivity contribution < 1.29 is 0 Å². The van der Waals surface area contributed by atoms with Crippen LogP contribution in [0.1, 0.15) is 40.2 Å². The first-order valence-corrected chi connectivity index (χ1v) is 7.24. The van der Waals surface area contributed by atoms with Gasteiger partial charge in [0.2, 0.25) is 0 Å². The summed E-state index contributed by atoms with van der Waals surface area (Å²) < 4.78 is 0. The second-order valence-electron chi connectivity index (χ2n) is 6.24. The topological polar surface area (TPSA) is 0 Å². The van der Waals surface area contributed by atoms with Crippen molar-refractivity contribution in [1.82, 2.24) is 0 Å². The van der Waals surface area contributed by atoms with Gasteiger partial charge in [-0.2, -0.15) is 0 Å². The highest BCUT2D eigenvalue weighted by atomic mass is 32.2. The van der Waals surface area contributed by atoms with Crippen molar-refractivity contribution in [2.75, 3.05) is 5.75 Å². The fourth-order valence-electron chi connectivity index (χ4n) is 1.11. The highest BCUT2D eigenvalue weighted by Crippen LogP contribution is 2.41. The predicted molar refractivity (Wildman–Crippen MR) is 85.0 cm³/mol. The molecular formula is C17H26S. The van der Waals surface area contributed by atoms with E-state index in [4.69, 9.17) is 0 Å². The van der Waals surface area contributed by atoms with E-state index < -0.39 is 0 Å². The van der Waals surface area contributed by atoms with Gasteiger partial charge in [-0.3, -0.25) is 0 Å². The van der Waals surface area contributed by atoms with Gasteiger partial charge in [-0.05, 0) is 29.9 Å². The number of hydrogen-bond acceptors (Lipinski definition) is 1. The number of aryl methyl sites for hydroxylation is 1. The summed E-state index contributed by atoms with van der Waals surface area (Å²) in [6, 6.07) is 8.82. The van der Waals surface area contributed by atoms with Crippen LogP contribution in [-0.2, 0) is 0 Å². The fraction of sp³-hybridized carbons (Fsp3) is 0.529. The van der Waals surface area contributed by atoms with E-state index in [2.05, 4.69) is 78.7 Å². The van der Waals surface area contributed by atoms with Crippen LogP contribution in [0.15, 0.2) is 29.2 Å². The molecule has 0 N–H and O–H groups in total. The van der Waals surface area contributed by atoms with Crippen molar-refractivity contribution in [2.45, 2.75) is 46.4 Å². The number of hydrogen-bond donors (Lipinski definition) is 0. The summed E-state index contributed by atoms with van der Waals surface area (Å²) in [5, 5.41) is 0. The lowest BCUT2D eigenvalue weighted by molar-refractivity contribution is 0.162. The lowest BCUT2D eigenvalue weighted by Gasteiger charge is -2.38. The molecule has 0 nitrogen and oxygen atoms in total. The van der Waals surface area contributed by atoms with Gasteiger partial charge >= 0.3 is 0 Å². The van der Waals surface area contributed by atoms with Crippen molar-refractivity contribution in [2.24, 2.45) is 10.8 Å². The molecule has 0 amide bonds. The zero-order chi connectivity index (χ0) is 14.4. The normalized spacial score (nSPS) is 11.6. The van der Waals surface area contributed by atoms with Crippen LogP contribution in [0.4, 0.5) is 0 Å². The van der Waals surface area contributed by atoms with E-state index in [1.807, 2.05) is 11.8 Å². The molecule has 1 heteroatoms. The molecule has 18 heavy (non-hydrogen) atoms. The summed E-state index contributed by atoms with van der Waals surface area (Å²) in [6.45, 7) is 13.8. The zero-order valence-corrected chi connectivity index (χ0v) is 13.4. The molecule has 0 spiro atoms. The second-order valence-corrected chi connectivity index (χ2v) is 7.28. The Morgan fingerprint density at radius 2 is 1.39 bits per heavy atom. The van der Waals surface area contributed by atoms with Gasteiger partial charge in [-0.25, -0.2) is 0 Å². The Labute approximate surface area is 118 Å². The monoisotopic (exact) mass is 262 g/mol. The highest BCUT2D eigenvalue weighted by molar-refractivity contribution is 7.99. The van der Waals surface area contributed by atoms with Crippen molar-refractivity contribution in [1.29, 1.82) is 0 Å². The van der Waals surface area contributed by atoms with Gasteiger partial charge in [0.15, 0.2) is 0 Å². The SMILES string of the molecule is C#C.Cc1ccc(SCC(C)(C)C(C)(C)C)cc1. The Hall–Kier alpha value is -0.870. The maximum Gasteiger partial charge on any atom is 0.00723 e. The summed E-state index contributed by atoms with van der Waals surface area (Å²) in [7, 11) is 0. The van der Waals surface area contributed by atoms with E-state index in [9.17, 15) is 0 Å². The third-order valence-corrected chi connectivity index (χ3v) is 5.12. The summed E-state index contributed by atoms with van der Waals surface area (Å²) in [5.41, 5.74) is 2.03. The van der Waals surface area contributed by atoms with Crippen molar-refractivity contribution in [3.63, 3.8) is 0 Å². The predicted octanol–water partition coefficient (Wildman–Crippen LogP) is 5.41. The molecule has 0 saturated carbocycles. The van der Waals surface area contributed by atoms with Crippen LogP contribution < -0.4 is 0 Å². The van der Waals surface area contributed by atoms with Gasteiger partial charge in [-0.1, -0.05) is 52.3 Å². The van der Waals surface area contributed by atoms with Gasteiger partial charge in [0, 0.05) is 10.6 Å². The Kier molecular flexibility index (Phi) is 6.57. The first-order chi connectivity index (χ1) is 8.22. The number of terminal acetylenes is 1. The Balaban J connectivity index is 0.00000137. The van der Waals surface area contributed by atoms with E-state index in [0.717, 1.165) is 0 Å². The summed E-state index contributed by atoms with van der Waals surface area (Å²) in [5.74, 6) is 1.17. The van der Waals surface area contributed by atoms with E-state index in [-0.39, 0.29) is 0 Å². The largest absolute Gasteiger partial charge is 0.126 e. The lowest BCUT2D eigenvalue weighted by atomic mass is 9.71. The third kappa shape index (κ3) is 5.19. The Morgan fingerprint density at radius 3 is 1.78 bits per heavy atom. The Bertz CT molecular complexity index is 363. The minimum absolute atomic E-state index is 0.350. The van der Waals surface area contributed by atoms with Crippen molar-refractivity contribution >= 4 is 11.8 Å². The quantitative estimate of drug-likeness (QED) is 0.518. The van der Waals surface area contributed by atoms with Gasteiger partial charge in [0.1, 0.15) is 0 Å². The van der Waals surface area contributed by atoms with Gasteiger partial charge in [0.05, 0.1) is 0 Å². The molecule has 1 aromatic rings. The van der Waals surface area contributed by atoms with Gasteiger partial charge in [0.25, 0.3) is 0 Å². The number of rotatable bonds is 3. The van der Waals surface area contributed by atoms with E-state index in [1.54, 1.807) is 0 Å². The molecule has 0 bridgehead atoms. The third-order valence-electron chi connectivity index (χ3n) is 3.65. The average Bonchev–Trinajstić information content (AvgIpc) is 2.29. The number of benzene rings is 1. The van der Waals surface area contributed by atoms with Crippen LogP contribution in [0.5, 0.6) is 0 Å². The molecule has 100 valence electrons. The molecule has 0 aromatic heterocycles. The average molecular weight is 262 g/mol. The standard InChI is InChI=1S/C15H24S.C2H2/c1-12-7-9-13(10-8-12)16-11-15(5,6)14(2,3)4;1-2/h7-10H,11H2,1-6H3;1-2H. The first kappa shape index (κ1) is 17.1. The van der Waals surface area contributed by atoms with Crippen LogP contribution in [-0.4, -0.2) is 5.75 Å². The van der Waals surface area contributed by atoms with Crippen molar-refractivity contribution in [3.8, 4) is 12.8 Å². The molecule has 0 fully saturated rings. The molecule has 0 aliphatic carbocycles. The fourth-order valence-corrected chi connectivity index (χ4v) is 2.40. The maximum absolute atomic E-state index is 4.00. The molecule has 0 aliphatic heterocycles. The van der Waals surface area contributed by atoms with Gasteiger partial charge < -0.3 is 0 Å². The van der Waals surface area contributed by atoms with E-state index in [1.165, 1.54) is 16.2 Å². The van der Waals surface area contributed by atoms with Crippen LogP contribution in [0, 0.1) is 30.6 Å². The van der Waals surface area contributed by atoms with Crippen LogP contribution in [0.25, 0.3) is 0 Å². The maximum atomic E-state index is 4.00. The van der Waals surface area contributed by atoms with E-state index in [0.29, 0.717) is 10.8 Å². The van der Waals surface area contributed by atoms with Crippen molar-refractivity contribution in [3.05, 3.63) is 29.8 Å². The number of thioether (sulfide) groups is 1. The molecule has 0 aliphatic rings.